The van der Waals surface area contributed by atoms with Crippen molar-refractivity contribution in [3.63, 3.8) is 0 Å². The molecule has 4 heteroatoms. The van der Waals surface area contributed by atoms with E-state index < -0.39 is 0 Å². The van der Waals surface area contributed by atoms with Crippen LogP contribution < -0.4 is 0 Å². The Morgan fingerprint density at radius 3 is 1.38 bits per heavy atom. The van der Waals surface area contributed by atoms with Crippen molar-refractivity contribution in [2.24, 2.45) is 23.7 Å². The summed E-state index contributed by atoms with van der Waals surface area (Å²) in [6.07, 6.45) is 7.82. The van der Waals surface area contributed by atoms with Gasteiger partial charge in [0.25, 0.3) is 0 Å². The van der Waals surface area contributed by atoms with E-state index in [1.165, 1.54) is 0 Å². The molecule has 0 saturated heterocycles. The van der Waals surface area contributed by atoms with Gasteiger partial charge in [0.2, 0.25) is 0 Å². The van der Waals surface area contributed by atoms with Gasteiger partial charge in [-0.2, -0.15) is 0 Å². The van der Waals surface area contributed by atoms with Crippen LogP contribution in [0.2, 0.25) is 42.5 Å². The van der Waals surface area contributed by atoms with Crippen molar-refractivity contribution in [1.82, 2.24) is 0 Å². The summed E-state index contributed by atoms with van der Waals surface area (Å²) >= 11 is -0.0591. The van der Waals surface area contributed by atoms with Crippen molar-refractivity contribution in [3.8, 4) is 0 Å². The van der Waals surface area contributed by atoms with Crippen molar-refractivity contribution < 1.29 is 3.76 Å². The molecule has 0 heterocycles. The van der Waals surface area contributed by atoms with E-state index in [0.29, 0.717) is 5.04 Å². The molecule has 0 aromatic heterocycles. The molecule has 0 unspecified atom stereocenters. The molecule has 4 bridgehead atoms. The molecule has 4 rings (SSSR count). The SMILES string of the molecule is C[O][Ge][CH]1C2CC3CC(C2)CC1C3.C[Si](C)C.C[Si](C)C(C)(C)C. The Kier molecular flexibility index (Phi) is 9.88. The van der Waals surface area contributed by atoms with E-state index >= 15 is 0 Å². The minimum absolute atomic E-state index is 0.0502. The first kappa shape index (κ1) is 23.0. The zero-order valence-electron chi connectivity index (χ0n) is 17.8. The zero-order valence-corrected chi connectivity index (χ0v) is 21.9. The Morgan fingerprint density at radius 2 is 1.12 bits per heavy atom. The molecule has 4 radical (unpaired) electrons. The van der Waals surface area contributed by atoms with E-state index in [9.17, 15) is 0 Å². The Morgan fingerprint density at radius 1 is 0.792 bits per heavy atom. The first-order valence-electron chi connectivity index (χ1n) is 9.90. The van der Waals surface area contributed by atoms with Crippen LogP contribution in [0.3, 0.4) is 0 Å². The Hall–Kier alpha value is 0.937. The second kappa shape index (κ2) is 10.3. The normalized spacial score (nSPS) is 33.9. The molecule has 1 nitrogen and oxygen atoms in total. The van der Waals surface area contributed by atoms with Gasteiger partial charge in [0.15, 0.2) is 0 Å². The van der Waals surface area contributed by atoms with Gasteiger partial charge in [-0.25, -0.2) is 0 Å². The van der Waals surface area contributed by atoms with Crippen LogP contribution in [0.5, 0.6) is 0 Å². The van der Waals surface area contributed by atoms with Gasteiger partial charge in [0.05, 0.1) is 0 Å². The fraction of sp³-hybridized carbons (Fsp3) is 1.00. The fourth-order valence-electron chi connectivity index (χ4n) is 4.25. The molecule has 4 aliphatic carbocycles. The number of hydrogen-bond donors (Lipinski definition) is 0. The molecule has 0 amide bonds. The van der Waals surface area contributed by atoms with Crippen LogP contribution in [0.1, 0.15) is 52.9 Å². The van der Waals surface area contributed by atoms with Crippen molar-refractivity contribution >= 4 is 33.4 Å². The topological polar surface area (TPSA) is 9.23 Å². The molecule has 4 saturated carbocycles. The van der Waals surface area contributed by atoms with Crippen molar-refractivity contribution in [3.05, 3.63) is 0 Å². The van der Waals surface area contributed by atoms with Crippen molar-refractivity contribution in [1.29, 1.82) is 0 Å². The van der Waals surface area contributed by atoms with E-state index in [-0.39, 0.29) is 33.4 Å². The first-order chi connectivity index (χ1) is 11.0. The molecule has 0 atom stereocenters. The second-order valence-electron chi connectivity index (χ2n) is 10.0. The monoisotopic (exact) mass is 428 g/mol. The first-order valence-corrected chi connectivity index (χ1v) is 17.5. The van der Waals surface area contributed by atoms with Crippen LogP contribution in [0.4, 0.5) is 0 Å². The van der Waals surface area contributed by atoms with Gasteiger partial charge in [-0.05, 0) is 5.04 Å². The molecule has 0 aromatic carbocycles. The van der Waals surface area contributed by atoms with Crippen LogP contribution in [0.15, 0.2) is 0 Å². The Labute approximate surface area is 163 Å². The van der Waals surface area contributed by atoms with E-state index in [0.717, 1.165) is 28.4 Å². The molecule has 4 aliphatic rings. The second-order valence-corrected chi connectivity index (χ2v) is 19.3. The van der Waals surface area contributed by atoms with Gasteiger partial charge in [-0.1, -0.05) is 53.5 Å². The van der Waals surface area contributed by atoms with E-state index in [2.05, 4.69) is 53.5 Å². The van der Waals surface area contributed by atoms with Gasteiger partial charge in [-0.15, -0.1) is 0 Å². The summed E-state index contributed by atoms with van der Waals surface area (Å²) in [5.74, 6) is 4.44. The molecule has 0 spiro atoms. The van der Waals surface area contributed by atoms with Gasteiger partial charge in [0.1, 0.15) is 0 Å². The van der Waals surface area contributed by atoms with Crippen LogP contribution in [-0.4, -0.2) is 40.5 Å². The molecule has 0 aromatic rings. The van der Waals surface area contributed by atoms with Gasteiger partial charge in [-0.3, -0.25) is 0 Å². The van der Waals surface area contributed by atoms with E-state index in [4.69, 9.17) is 3.76 Å². The summed E-state index contributed by atoms with van der Waals surface area (Å²) in [4.78, 5) is 0. The standard InChI is InChI=1S/C11H18GeO.C6H15Si.C3H9Si/c1-13-12-11-9-3-7-2-8(5-9)6-10(11)4-7;1-6(2,3)7(4)5;1-4(2)3/h7-11H,2-6H2,1H3;1-5H3;1-3H3. The van der Waals surface area contributed by atoms with Crippen LogP contribution in [0.25, 0.3) is 0 Å². The molecule has 4 fully saturated rings. The molecule has 0 aliphatic heterocycles. The predicted octanol–water partition coefficient (Wildman–Crippen LogP) is 6.41. The van der Waals surface area contributed by atoms with Gasteiger partial charge < -0.3 is 0 Å². The maximum absolute atomic E-state index is 5.49. The van der Waals surface area contributed by atoms with E-state index in [1.54, 1.807) is 32.1 Å². The van der Waals surface area contributed by atoms with Gasteiger partial charge >= 0.3 is 87.2 Å². The van der Waals surface area contributed by atoms with Crippen molar-refractivity contribution in [2.45, 2.75) is 95.4 Å². The number of hydrogen-bond acceptors (Lipinski definition) is 1. The molecular formula is C20H42GeOSi2. The smallest absolute Gasteiger partial charge is 0.0470 e. The summed E-state index contributed by atoms with van der Waals surface area (Å²) < 4.78 is 6.55. The third-order valence-corrected chi connectivity index (χ3v) is 12.0. The molecule has 0 N–H and O–H groups in total. The quantitative estimate of drug-likeness (QED) is 0.463. The summed E-state index contributed by atoms with van der Waals surface area (Å²) in [5, 5.41) is 0.602. The van der Waals surface area contributed by atoms with E-state index in [1.807, 2.05) is 7.11 Å². The van der Waals surface area contributed by atoms with Crippen molar-refractivity contribution in [2.75, 3.05) is 7.11 Å². The third kappa shape index (κ3) is 7.67. The predicted molar refractivity (Wildman–Crippen MR) is 114 cm³/mol. The Bertz CT molecular complexity index is 321. The fourth-order valence-corrected chi connectivity index (χ4v) is 6.77. The minimum Gasteiger partial charge on any atom is -0.0715 e. The summed E-state index contributed by atoms with van der Waals surface area (Å²) in [6.45, 7) is 18.4. The maximum Gasteiger partial charge on any atom is 0.0470 e. The van der Waals surface area contributed by atoms with Gasteiger partial charge in [0, 0.05) is 17.6 Å². The zero-order chi connectivity index (χ0) is 18.5. The number of rotatable bonds is 2. The largest absolute Gasteiger partial charge is 0.0715 e. The molecular weight excluding hydrogens is 385 g/mol. The molecule has 24 heavy (non-hydrogen) atoms. The average molecular weight is 427 g/mol. The maximum atomic E-state index is 5.49. The summed E-state index contributed by atoms with van der Waals surface area (Å²) in [7, 11) is 1.99. The Balaban J connectivity index is 0.000000224. The summed E-state index contributed by atoms with van der Waals surface area (Å²) in [5.41, 5.74) is 0. The molecule has 140 valence electrons. The third-order valence-electron chi connectivity index (χ3n) is 5.98. The average Bonchev–Trinajstić information content (AvgIpc) is 2.41. The summed E-state index contributed by atoms with van der Waals surface area (Å²) in [6, 6.07) is 0. The van der Waals surface area contributed by atoms with Crippen LogP contribution in [-0.2, 0) is 3.76 Å². The van der Waals surface area contributed by atoms with Crippen LogP contribution in [0, 0.1) is 23.7 Å². The van der Waals surface area contributed by atoms with Crippen LogP contribution >= 0.6 is 0 Å². The minimum atomic E-state index is -0.0591.